The number of aromatic amines is 1. The first kappa shape index (κ1) is 13.7. The molecule has 3 N–H and O–H groups in total. The average molecular weight is 280 g/mol. The van der Waals surface area contributed by atoms with Gasteiger partial charge in [0.25, 0.3) is 0 Å². The fraction of sp³-hybridized carbons (Fsp3) is 0.417. The summed E-state index contributed by atoms with van der Waals surface area (Å²) in [5, 5.41) is 18.6. The summed E-state index contributed by atoms with van der Waals surface area (Å²) in [6.07, 6.45) is 3.48. The van der Waals surface area contributed by atoms with E-state index in [4.69, 9.17) is 5.11 Å². The molecule has 6 nitrogen and oxygen atoms in total. The summed E-state index contributed by atoms with van der Waals surface area (Å²) in [7, 11) is 0. The fourth-order valence-corrected chi connectivity index (χ4v) is 2.68. The molecule has 102 valence electrons. The van der Waals surface area contributed by atoms with Crippen LogP contribution in [0.1, 0.15) is 22.0 Å². The van der Waals surface area contributed by atoms with Crippen molar-refractivity contribution < 1.29 is 9.90 Å². The van der Waals surface area contributed by atoms with E-state index in [9.17, 15) is 4.79 Å². The molecule has 0 radical (unpaired) electrons. The average Bonchev–Trinajstić information content (AvgIpc) is 3.00. The summed E-state index contributed by atoms with van der Waals surface area (Å²) in [4.78, 5) is 16.7. The van der Waals surface area contributed by atoms with Gasteiger partial charge in [0.05, 0.1) is 6.42 Å². The van der Waals surface area contributed by atoms with Gasteiger partial charge in [-0.25, -0.2) is 4.98 Å². The minimum absolute atomic E-state index is 0.107. The number of hydrogen-bond donors (Lipinski definition) is 3. The highest BCUT2D eigenvalue weighted by molar-refractivity contribution is 7.12. The van der Waals surface area contributed by atoms with E-state index in [0.29, 0.717) is 0 Å². The molecule has 0 aliphatic heterocycles. The smallest absolute Gasteiger partial charge is 0.308 e. The normalized spacial score (nSPS) is 10.7. The van der Waals surface area contributed by atoms with Crippen LogP contribution in [0.5, 0.6) is 0 Å². The number of carboxylic acids is 1. The van der Waals surface area contributed by atoms with Gasteiger partial charge in [0.2, 0.25) is 0 Å². The molecule has 19 heavy (non-hydrogen) atoms. The first-order valence-electron chi connectivity index (χ1n) is 6.08. The van der Waals surface area contributed by atoms with E-state index in [1.54, 1.807) is 11.3 Å². The predicted octanol–water partition coefficient (Wildman–Crippen LogP) is 1.22. The Morgan fingerprint density at radius 2 is 2.26 bits per heavy atom. The monoisotopic (exact) mass is 280 g/mol. The van der Waals surface area contributed by atoms with Crippen molar-refractivity contribution in [1.29, 1.82) is 0 Å². The van der Waals surface area contributed by atoms with Crippen molar-refractivity contribution >= 4 is 17.3 Å². The number of hydrogen-bond acceptors (Lipinski definition) is 5. The molecule has 0 fully saturated rings. The first-order chi connectivity index (χ1) is 9.24. The topological polar surface area (TPSA) is 90.9 Å². The molecular formula is C12H16N4O2S. The van der Waals surface area contributed by atoms with Crippen LogP contribution < -0.4 is 5.32 Å². The number of nitrogens with one attached hydrogen (secondary N) is 2. The van der Waals surface area contributed by atoms with E-state index in [0.717, 1.165) is 41.5 Å². The van der Waals surface area contributed by atoms with Crippen molar-refractivity contribution in [2.75, 3.05) is 6.54 Å². The lowest BCUT2D eigenvalue weighted by molar-refractivity contribution is -0.136. The quantitative estimate of drug-likeness (QED) is 0.632. The zero-order chi connectivity index (χ0) is 13.5. The Labute approximate surface area is 114 Å². The number of aliphatic carboxylic acids is 1. The van der Waals surface area contributed by atoms with Gasteiger partial charge in [0.15, 0.2) is 0 Å². The molecule has 0 spiro atoms. The van der Waals surface area contributed by atoms with E-state index in [1.165, 1.54) is 6.33 Å². The maximum atomic E-state index is 10.6. The Morgan fingerprint density at radius 3 is 3.00 bits per heavy atom. The zero-order valence-corrected chi connectivity index (χ0v) is 11.2. The van der Waals surface area contributed by atoms with E-state index >= 15 is 0 Å². The lowest BCUT2D eigenvalue weighted by Crippen LogP contribution is -2.14. The second-order valence-corrected chi connectivity index (χ2v) is 5.40. The fourth-order valence-electron chi connectivity index (χ4n) is 1.71. The third-order valence-electron chi connectivity index (χ3n) is 2.57. The lowest BCUT2D eigenvalue weighted by atomic mass is 10.3. The van der Waals surface area contributed by atoms with Crippen LogP contribution in [0.15, 0.2) is 18.5 Å². The van der Waals surface area contributed by atoms with E-state index < -0.39 is 5.97 Å². The van der Waals surface area contributed by atoms with Crippen LogP contribution in [-0.2, 0) is 24.2 Å². The van der Waals surface area contributed by atoms with Gasteiger partial charge in [0.1, 0.15) is 12.2 Å². The first-order valence-corrected chi connectivity index (χ1v) is 6.90. The number of carboxylic acid groups (broad SMARTS) is 1. The van der Waals surface area contributed by atoms with Gasteiger partial charge in [-0.15, -0.1) is 11.3 Å². The van der Waals surface area contributed by atoms with E-state index in [2.05, 4.69) is 20.5 Å². The molecule has 0 saturated carbocycles. The summed E-state index contributed by atoms with van der Waals surface area (Å²) in [6.45, 7) is 1.67. The maximum Gasteiger partial charge on any atom is 0.308 e. The van der Waals surface area contributed by atoms with Crippen molar-refractivity contribution in [3.63, 3.8) is 0 Å². The Morgan fingerprint density at radius 1 is 1.42 bits per heavy atom. The molecule has 0 atom stereocenters. The van der Waals surface area contributed by atoms with Gasteiger partial charge in [-0.1, -0.05) is 0 Å². The Hall–Kier alpha value is -1.73. The molecule has 0 aromatic carbocycles. The summed E-state index contributed by atoms with van der Waals surface area (Å²) in [6, 6.07) is 3.86. The molecule has 0 bridgehead atoms. The molecular weight excluding hydrogens is 264 g/mol. The number of aryl methyl sites for hydroxylation is 1. The molecule has 7 heteroatoms. The second kappa shape index (κ2) is 7.01. The molecule has 0 aliphatic rings. The molecule has 2 aromatic heterocycles. The standard InChI is InChI=1S/C12H16N4O2S/c17-12(18)6-9-3-4-10(19-9)7-13-5-1-2-11-14-8-15-16-11/h3-4,8,13H,1-2,5-7H2,(H,17,18)(H,14,15,16). The van der Waals surface area contributed by atoms with Gasteiger partial charge in [-0.05, 0) is 25.1 Å². The Balaban J connectivity index is 1.62. The van der Waals surface area contributed by atoms with Crippen molar-refractivity contribution in [2.24, 2.45) is 0 Å². The van der Waals surface area contributed by atoms with Crippen molar-refractivity contribution in [2.45, 2.75) is 25.8 Å². The van der Waals surface area contributed by atoms with Crippen LogP contribution in [0.4, 0.5) is 0 Å². The van der Waals surface area contributed by atoms with Gasteiger partial charge >= 0.3 is 5.97 Å². The Bertz CT molecular complexity index is 510. The van der Waals surface area contributed by atoms with Crippen molar-refractivity contribution in [3.05, 3.63) is 34.0 Å². The zero-order valence-electron chi connectivity index (χ0n) is 10.4. The van der Waals surface area contributed by atoms with Gasteiger partial charge in [-0.2, -0.15) is 5.10 Å². The summed E-state index contributed by atoms with van der Waals surface area (Å²) < 4.78 is 0. The minimum Gasteiger partial charge on any atom is -0.481 e. The molecule has 0 amide bonds. The predicted molar refractivity (Wildman–Crippen MR) is 72.1 cm³/mol. The molecule has 0 aliphatic carbocycles. The number of thiophene rings is 1. The molecule has 0 unspecified atom stereocenters. The summed E-state index contributed by atoms with van der Waals surface area (Å²) in [5.41, 5.74) is 0. The largest absolute Gasteiger partial charge is 0.481 e. The number of H-pyrrole nitrogens is 1. The van der Waals surface area contributed by atoms with Gasteiger partial charge in [-0.3, -0.25) is 9.89 Å². The summed E-state index contributed by atoms with van der Waals surface area (Å²) >= 11 is 1.55. The third-order valence-corrected chi connectivity index (χ3v) is 3.66. The number of carbonyl (C=O) groups is 1. The van der Waals surface area contributed by atoms with Crippen LogP contribution in [0, 0.1) is 0 Å². The third kappa shape index (κ3) is 4.80. The van der Waals surface area contributed by atoms with Gasteiger partial charge in [0, 0.05) is 22.7 Å². The highest BCUT2D eigenvalue weighted by Gasteiger charge is 2.04. The molecule has 2 heterocycles. The molecule has 2 rings (SSSR count). The minimum atomic E-state index is -0.784. The lowest BCUT2D eigenvalue weighted by Gasteiger charge is -2.01. The van der Waals surface area contributed by atoms with Crippen molar-refractivity contribution in [3.8, 4) is 0 Å². The molecule has 0 saturated heterocycles. The Kier molecular flexibility index (Phi) is 5.05. The van der Waals surface area contributed by atoms with Crippen LogP contribution in [-0.4, -0.2) is 32.8 Å². The van der Waals surface area contributed by atoms with Crippen molar-refractivity contribution in [1.82, 2.24) is 20.5 Å². The van der Waals surface area contributed by atoms with Crippen LogP contribution in [0.25, 0.3) is 0 Å². The van der Waals surface area contributed by atoms with Gasteiger partial charge < -0.3 is 10.4 Å². The second-order valence-electron chi connectivity index (χ2n) is 4.15. The van der Waals surface area contributed by atoms with Crippen LogP contribution in [0.2, 0.25) is 0 Å². The number of aromatic nitrogens is 3. The van der Waals surface area contributed by atoms with E-state index in [-0.39, 0.29) is 6.42 Å². The SMILES string of the molecule is O=C(O)Cc1ccc(CNCCCc2ncn[nH]2)s1. The number of rotatable bonds is 8. The maximum absolute atomic E-state index is 10.6. The van der Waals surface area contributed by atoms with Crippen LogP contribution in [0.3, 0.4) is 0 Å². The van der Waals surface area contributed by atoms with Crippen LogP contribution >= 0.6 is 11.3 Å². The highest BCUT2D eigenvalue weighted by Crippen LogP contribution is 2.16. The van der Waals surface area contributed by atoms with E-state index in [1.807, 2.05) is 12.1 Å². The summed E-state index contributed by atoms with van der Waals surface area (Å²) in [5.74, 6) is 0.120. The number of nitrogens with zero attached hydrogens (tertiary/aromatic N) is 2. The highest BCUT2D eigenvalue weighted by atomic mass is 32.1. The molecule has 2 aromatic rings.